The van der Waals surface area contributed by atoms with Gasteiger partial charge < -0.3 is 9.47 Å². The second kappa shape index (κ2) is 6.49. The van der Waals surface area contributed by atoms with Crippen molar-refractivity contribution in [3.8, 4) is 11.5 Å². The van der Waals surface area contributed by atoms with E-state index in [4.69, 9.17) is 14.5 Å². The average molecular weight is 298 g/mol. The molecule has 112 valence electrons. The summed E-state index contributed by atoms with van der Waals surface area (Å²) >= 11 is 0. The molecule has 0 saturated heterocycles. The standard InChI is InChI=1S/C16H23NO2.ClH/c1-6-7-19-15-8-12-10-16(3,4)17-11(2)13(12)9-14(15)18-5;/h8-9H,6-7,10H2,1-5H3;1H. The first-order valence-electron chi connectivity index (χ1n) is 6.87. The van der Waals surface area contributed by atoms with Gasteiger partial charge in [-0.3, -0.25) is 4.99 Å². The smallest absolute Gasteiger partial charge is 0.161 e. The molecule has 0 amide bonds. The summed E-state index contributed by atoms with van der Waals surface area (Å²) in [7, 11) is 1.68. The van der Waals surface area contributed by atoms with Gasteiger partial charge in [0.15, 0.2) is 11.5 Å². The van der Waals surface area contributed by atoms with E-state index in [0.29, 0.717) is 6.61 Å². The molecule has 2 rings (SSSR count). The van der Waals surface area contributed by atoms with Gasteiger partial charge in [-0.15, -0.1) is 12.4 Å². The Morgan fingerprint density at radius 3 is 2.55 bits per heavy atom. The number of benzene rings is 1. The third-order valence-electron chi connectivity index (χ3n) is 3.33. The second-order valence-corrected chi connectivity index (χ2v) is 5.70. The largest absolute Gasteiger partial charge is 0.493 e. The van der Waals surface area contributed by atoms with Crippen LogP contribution in [0.5, 0.6) is 11.5 Å². The highest BCUT2D eigenvalue weighted by Crippen LogP contribution is 2.36. The molecule has 1 aromatic rings. The Morgan fingerprint density at radius 2 is 1.95 bits per heavy atom. The SMILES string of the molecule is CCCOc1cc2c(cc1OC)C(C)=NC(C)(C)C2.Cl. The molecule has 4 heteroatoms. The van der Waals surface area contributed by atoms with Crippen LogP contribution in [0.1, 0.15) is 45.2 Å². The number of methoxy groups -OCH3 is 1. The quantitative estimate of drug-likeness (QED) is 0.839. The maximum absolute atomic E-state index is 5.78. The van der Waals surface area contributed by atoms with Gasteiger partial charge in [0.25, 0.3) is 0 Å². The van der Waals surface area contributed by atoms with Crippen molar-refractivity contribution >= 4 is 18.1 Å². The van der Waals surface area contributed by atoms with E-state index in [0.717, 1.165) is 30.1 Å². The summed E-state index contributed by atoms with van der Waals surface area (Å²) in [6.07, 6.45) is 1.93. The molecule has 0 spiro atoms. The predicted octanol–water partition coefficient (Wildman–Crippen LogP) is 4.05. The molecule has 20 heavy (non-hydrogen) atoms. The van der Waals surface area contributed by atoms with Crippen LogP contribution in [0, 0.1) is 0 Å². The van der Waals surface area contributed by atoms with Gasteiger partial charge in [0.1, 0.15) is 0 Å². The van der Waals surface area contributed by atoms with Crippen molar-refractivity contribution < 1.29 is 9.47 Å². The van der Waals surface area contributed by atoms with Gasteiger partial charge in [-0.2, -0.15) is 0 Å². The van der Waals surface area contributed by atoms with Gasteiger partial charge in [0.2, 0.25) is 0 Å². The highest BCUT2D eigenvalue weighted by Gasteiger charge is 2.26. The maximum atomic E-state index is 5.78. The summed E-state index contributed by atoms with van der Waals surface area (Å²) in [6.45, 7) is 9.20. The highest BCUT2D eigenvalue weighted by atomic mass is 35.5. The van der Waals surface area contributed by atoms with Gasteiger partial charge in [0.05, 0.1) is 19.3 Å². The zero-order valence-corrected chi connectivity index (χ0v) is 13.8. The Kier molecular flexibility index (Phi) is 5.46. The number of aliphatic imine (C=N–C) groups is 1. The van der Waals surface area contributed by atoms with Crippen LogP contribution in [0.4, 0.5) is 0 Å². The number of nitrogens with zero attached hydrogens (tertiary/aromatic N) is 1. The summed E-state index contributed by atoms with van der Waals surface area (Å²) in [6, 6.07) is 4.16. The van der Waals surface area contributed by atoms with E-state index in [2.05, 4.69) is 39.8 Å². The van der Waals surface area contributed by atoms with Crippen LogP contribution in [0.15, 0.2) is 17.1 Å². The molecule has 1 aromatic carbocycles. The molecule has 0 saturated carbocycles. The second-order valence-electron chi connectivity index (χ2n) is 5.70. The monoisotopic (exact) mass is 297 g/mol. The van der Waals surface area contributed by atoms with Crippen molar-refractivity contribution in [2.24, 2.45) is 4.99 Å². The number of ether oxygens (including phenoxy) is 2. The Labute approximate surface area is 127 Å². The van der Waals surface area contributed by atoms with Crippen LogP contribution < -0.4 is 9.47 Å². The van der Waals surface area contributed by atoms with Gasteiger partial charge in [-0.05, 0) is 51.3 Å². The lowest BCUT2D eigenvalue weighted by Crippen LogP contribution is -2.28. The third-order valence-corrected chi connectivity index (χ3v) is 3.33. The van der Waals surface area contributed by atoms with Crippen LogP contribution in [0.25, 0.3) is 0 Å². The van der Waals surface area contributed by atoms with Gasteiger partial charge >= 0.3 is 0 Å². The zero-order valence-electron chi connectivity index (χ0n) is 12.9. The molecule has 0 atom stereocenters. The van der Waals surface area contributed by atoms with E-state index < -0.39 is 0 Å². The predicted molar refractivity (Wildman–Crippen MR) is 86.0 cm³/mol. The van der Waals surface area contributed by atoms with Crippen molar-refractivity contribution in [2.75, 3.05) is 13.7 Å². The average Bonchev–Trinajstić information content (AvgIpc) is 2.34. The normalized spacial score (nSPS) is 15.8. The fourth-order valence-electron chi connectivity index (χ4n) is 2.59. The molecule has 0 N–H and O–H groups in total. The first-order valence-corrected chi connectivity index (χ1v) is 6.87. The lowest BCUT2D eigenvalue weighted by Gasteiger charge is -2.28. The molecule has 0 bridgehead atoms. The third kappa shape index (κ3) is 3.45. The van der Waals surface area contributed by atoms with Crippen LogP contribution >= 0.6 is 12.4 Å². The number of fused-ring (bicyclic) bond motifs is 1. The molecule has 0 fully saturated rings. The molecule has 3 nitrogen and oxygen atoms in total. The minimum absolute atomic E-state index is 0. The van der Waals surface area contributed by atoms with Gasteiger partial charge in [0, 0.05) is 11.3 Å². The molecule has 1 aliphatic heterocycles. The van der Waals surface area contributed by atoms with Crippen molar-refractivity contribution in [3.05, 3.63) is 23.3 Å². The van der Waals surface area contributed by atoms with Crippen molar-refractivity contribution in [1.29, 1.82) is 0 Å². The Balaban J connectivity index is 0.00000200. The van der Waals surface area contributed by atoms with E-state index in [1.807, 2.05) is 0 Å². The molecule has 0 unspecified atom stereocenters. The Morgan fingerprint density at radius 1 is 1.25 bits per heavy atom. The molecule has 1 heterocycles. The molecular formula is C16H24ClNO2. The fraction of sp³-hybridized carbons (Fsp3) is 0.562. The highest BCUT2D eigenvalue weighted by molar-refractivity contribution is 6.01. The molecule has 0 aromatic heterocycles. The Bertz CT molecular complexity index is 509. The Hall–Kier alpha value is -1.22. The van der Waals surface area contributed by atoms with E-state index >= 15 is 0 Å². The first-order chi connectivity index (χ1) is 8.96. The van der Waals surface area contributed by atoms with Crippen molar-refractivity contribution in [1.82, 2.24) is 0 Å². The van der Waals surface area contributed by atoms with E-state index in [1.165, 1.54) is 11.1 Å². The van der Waals surface area contributed by atoms with E-state index in [9.17, 15) is 0 Å². The number of rotatable bonds is 4. The summed E-state index contributed by atoms with van der Waals surface area (Å²) in [5, 5.41) is 0. The lowest BCUT2D eigenvalue weighted by molar-refractivity contribution is 0.293. The van der Waals surface area contributed by atoms with E-state index in [1.54, 1.807) is 7.11 Å². The van der Waals surface area contributed by atoms with Crippen LogP contribution in [0.3, 0.4) is 0 Å². The molecular weight excluding hydrogens is 274 g/mol. The number of halogens is 1. The summed E-state index contributed by atoms with van der Waals surface area (Å²) in [4.78, 5) is 4.74. The zero-order chi connectivity index (χ0) is 14.0. The number of hydrogen-bond donors (Lipinski definition) is 0. The summed E-state index contributed by atoms with van der Waals surface area (Å²) < 4.78 is 11.2. The van der Waals surface area contributed by atoms with Crippen LogP contribution in [-0.4, -0.2) is 25.0 Å². The lowest BCUT2D eigenvalue weighted by atomic mass is 9.87. The summed E-state index contributed by atoms with van der Waals surface area (Å²) in [5.74, 6) is 1.63. The minimum Gasteiger partial charge on any atom is -0.493 e. The molecule has 1 aliphatic rings. The van der Waals surface area contributed by atoms with E-state index in [-0.39, 0.29) is 17.9 Å². The summed E-state index contributed by atoms with van der Waals surface area (Å²) in [5.41, 5.74) is 3.52. The van der Waals surface area contributed by atoms with Gasteiger partial charge in [-0.25, -0.2) is 0 Å². The number of hydrogen-bond acceptors (Lipinski definition) is 3. The maximum Gasteiger partial charge on any atom is 0.161 e. The van der Waals surface area contributed by atoms with Crippen LogP contribution in [-0.2, 0) is 6.42 Å². The molecule has 0 aliphatic carbocycles. The van der Waals surface area contributed by atoms with Crippen LogP contribution in [0.2, 0.25) is 0 Å². The molecule has 0 radical (unpaired) electrons. The van der Waals surface area contributed by atoms with Gasteiger partial charge in [-0.1, -0.05) is 6.92 Å². The fourth-order valence-corrected chi connectivity index (χ4v) is 2.59. The minimum atomic E-state index is -0.0340. The van der Waals surface area contributed by atoms with Crippen molar-refractivity contribution in [2.45, 2.75) is 46.1 Å². The first kappa shape index (κ1) is 16.8. The topological polar surface area (TPSA) is 30.8 Å². The van der Waals surface area contributed by atoms with Crippen molar-refractivity contribution in [3.63, 3.8) is 0 Å².